The molecule has 0 aliphatic rings. The summed E-state index contributed by atoms with van der Waals surface area (Å²) in [5.41, 5.74) is 10.7. The molecule has 0 aliphatic heterocycles. The lowest BCUT2D eigenvalue weighted by atomic mass is 10.1. The minimum atomic E-state index is -0.719. The van der Waals surface area contributed by atoms with Crippen LogP contribution in [-0.2, 0) is 9.53 Å². The Labute approximate surface area is 109 Å². The van der Waals surface area contributed by atoms with E-state index in [9.17, 15) is 14.4 Å². The maximum atomic E-state index is 11.5. The van der Waals surface area contributed by atoms with Gasteiger partial charge in [0.05, 0.1) is 0 Å². The fraction of sp³-hybridized carbons (Fsp3) is 0.250. The Balaban J connectivity index is 2.96. The van der Waals surface area contributed by atoms with Crippen molar-refractivity contribution in [2.45, 2.75) is 6.92 Å². The van der Waals surface area contributed by atoms with Gasteiger partial charge >= 0.3 is 0 Å². The normalized spacial score (nSPS) is 9.95. The van der Waals surface area contributed by atoms with Crippen LogP contribution >= 0.6 is 0 Å². The van der Waals surface area contributed by atoms with Crippen LogP contribution in [0, 0.1) is 0 Å². The Hall–Kier alpha value is -2.41. The van der Waals surface area contributed by atoms with Gasteiger partial charge in [-0.1, -0.05) is 0 Å². The second kappa shape index (κ2) is 6.50. The molecule has 0 heterocycles. The number of primary amides is 2. The SMILES string of the molecule is CCOCC(=O)Nc1cc(C(N)=O)cc(C(N)=O)c1. The van der Waals surface area contributed by atoms with Crippen molar-refractivity contribution in [1.82, 2.24) is 0 Å². The molecule has 0 saturated heterocycles. The minimum Gasteiger partial charge on any atom is -0.372 e. The first kappa shape index (κ1) is 14.7. The van der Waals surface area contributed by atoms with Crippen LogP contribution in [0.5, 0.6) is 0 Å². The summed E-state index contributed by atoms with van der Waals surface area (Å²) in [4.78, 5) is 33.7. The molecule has 1 rings (SSSR count). The minimum absolute atomic E-state index is 0.0861. The molecule has 19 heavy (non-hydrogen) atoms. The zero-order chi connectivity index (χ0) is 14.4. The lowest BCUT2D eigenvalue weighted by Crippen LogP contribution is -2.20. The smallest absolute Gasteiger partial charge is 0.250 e. The van der Waals surface area contributed by atoms with E-state index in [2.05, 4.69) is 5.32 Å². The number of nitrogens with one attached hydrogen (secondary N) is 1. The van der Waals surface area contributed by atoms with Gasteiger partial charge in [0.15, 0.2) is 0 Å². The standard InChI is InChI=1S/C12H15N3O4/c1-2-19-6-10(16)15-9-4-7(11(13)17)3-8(5-9)12(14)18/h3-5H,2,6H2,1H3,(H2,13,17)(H2,14,18)(H,15,16). The van der Waals surface area contributed by atoms with Crippen LogP contribution < -0.4 is 16.8 Å². The van der Waals surface area contributed by atoms with E-state index in [0.29, 0.717) is 6.61 Å². The average molecular weight is 265 g/mol. The predicted molar refractivity (Wildman–Crippen MR) is 68.6 cm³/mol. The number of carbonyl (C=O) groups excluding carboxylic acids is 3. The van der Waals surface area contributed by atoms with Crippen molar-refractivity contribution in [3.63, 3.8) is 0 Å². The van der Waals surface area contributed by atoms with Crippen molar-refractivity contribution in [1.29, 1.82) is 0 Å². The van der Waals surface area contributed by atoms with E-state index in [4.69, 9.17) is 16.2 Å². The first-order valence-corrected chi connectivity index (χ1v) is 5.56. The highest BCUT2D eigenvalue weighted by Gasteiger charge is 2.10. The number of hydrogen-bond acceptors (Lipinski definition) is 4. The topological polar surface area (TPSA) is 125 Å². The van der Waals surface area contributed by atoms with E-state index in [-0.39, 0.29) is 23.4 Å². The third kappa shape index (κ3) is 4.40. The number of anilines is 1. The van der Waals surface area contributed by atoms with E-state index < -0.39 is 17.7 Å². The molecule has 0 saturated carbocycles. The average Bonchev–Trinajstić information content (AvgIpc) is 2.35. The van der Waals surface area contributed by atoms with Crippen molar-refractivity contribution < 1.29 is 19.1 Å². The predicted octanol–water partition coefficient (Wildman–Crippen LogP) is -0.141. The van der Waals surface area contributed by atoms with Gasteiger partial charge in [-0.25, -0.2) is 0 Å². The first-order chi connectivity index (χ1) is 8.93. The molecule has 7 nitrogen and oxygen atoms in total. The van der Waals surface area contributed by atoms with Gasteiger partial charge in [-0.05, 0) is 25.1 Å². The van der Waals surface area contributed by atoms with Gasteiger partial charge in [-0.2, -0.15) is 0 Å². The lowest BCUT2D eigenvalue weighted by molar-refractivity contribution is -0.120. The molecular formula is C12H15N3O4. The fourth-order valence-electron chi connectivity index (χ4n) is 1.38. The number of benzene rings is 1. The summed E-state index contributed by atoms with van der Waals surface area (Å²) in [7, 11) is 0. The molecular weight excluding hydrogens is 250 g/mol. The van der Waals surface area contributed by atoms with Crippen LogP contribution in [0.15, 0.2) is 18.2 Å². The van der Waals surface area contributed by atoms with Crippen molar-refractivity contribution in [2.24, 2.45) is 11.5 Å². The van der Waals surface area contributed by atoms with E-state index in [1.54, 1.807) is 6.92 Å². The fourth-order valence-corrected chi connectivity index (χ4v) is 1.38. The largest absolute Gasteiger partial charge is 0.372 e. The highest BCUT2D eigenvalue weighted by molar-refractivity contribution is 6.01. The molecule has 0 aromatic heterocycles. The molecule has 102 valence electrons. The van der Waals surface area contributed by atoms with Crippen LogP contribution in [0.3, 0.4) is 0 Å². The van der Waals surface area contributed by atoms with Crippen molar-refractivity contribution in [3.05, 3.63) is 29.3 Å². The lowest BCUT2D eigenvalue weighted by Gasteiger charge is -2.08. The van der Waals surface area contributed by atoms with Gasteiger partial charge in [0.25, 0.3) is 0 Å². The zero-order valence-corrected chi connectivity index (χ0v) is 10.4. The molecule has 0 unspecified atom stereocenters. The number of nitrogens with two attached hydrogens (primary N) is 2. The third-order valence-corrected chi connectivity index (χ3v) is 2.22. The van der Waals surface area contributed by atoms with Crippen LogP contribution in [0.25, 0.3) is 0 Å². The quantitative estimate of drug-likeness (QED) is 0.662. The second-order valence-electron chi connectivity index (χ2n) is 3.71. The van der Waals surface area contributed by atoms with E-state index in [1.165, 1.54) is 18.2 Å². The Kier molecular flexibility index (Phi) is 5.01. The summed E-state index contributed by atoms with van der Waals surface area (Å²) in [5.74, 6) is -1.84. The summed E-state index contributed by atoms with van der Waals surface area (Å²) in [6, 6.07) is 3.99. The van der Waals surface area contributed by atoms with E-state index in [1.807, 2.05) is 0 Å². The summed E-state index contributed by atoms with van der Waals surface area (Å²) in [5, 5.41) is 2.49. The van der Waals surface area contributed by atoms with Crippen LogP contribution in [-0.4, -0.2) is 30.9 Å². The van der Waals surface area contributed by atoms with Crippen molar-refractivity contribution in [2.75, 3.05) is 18.5 Å². The maximum absolute atomic E-state index is 11.5. The summed E-state index contributed by atoms with van der Waals surface area (Å²) in [6.45, 7) is 2.04. The summed E-state index contributed by atoms with van der Waals surface area (Å²) >= 11 is 0. The first-order valence-electron chi connectivity index (χ1n) is 5.56. The van der Waals surface area contributed by atoms with Crippen LogP contribution in [0.2, 0.25) is 0 Å². The Morgan fingerprint density at radius 2 is 1.63 bits per heavy atom. The number of rotatable bonds is 6. The molecule has 0 radical (unpaired) electrons. The highest BCUT2D eigenvalue weighted by atomic mass is 16.5. The molecule has 0 bridgehead atoms. The Bertz CT molecular complexity index is 481. The van der Waals surface area contributed by atoms with Gasteiger partial charge < -0.3 is 21.5 Å². The number of carbonyl (C=O) groups is 3. The summed E-state index contributed by atoms with van der Waals surface area (Å²) in [6.07, 6.45) is 0. The highest BCUT2D eigenvalue weighted by Crippen LogP contribution is 2.14. The van der Waals surface area contributed by atoms with Gasteiger partial charge in [0.1, 0.15) is 6.61 Å². The van der Waals surface area contributed by atoms with Crippen LogP contribution in [0.4, 0.5) is 5.69 Å². The maximum Gasteiger partial charge on any atom is 0.250 e. The number of ether oxygens (including phenoxy) is 1. The molecule has 3 amide bonds. The van der Waals surface area contributed by atoms with Gasteiger partial charge in [0, 0.05) is 23.4 Å². The monoisotopic (exact) mass is 265 g/mol. The van der Waals surface area contributed by atoms with E-state index in [0.717, 1.165) is 0 Å². The zero-order valence-electron chi connectivity index (χ0n) is 10.4. The van der Waals surface area contributed by atoms with Crippen molar-refractivity contribution >= 4 is 23.4 Å². The molecule has 0 aliphatic carbocycles. The van der Waals surface area contributed by atoms with Gasteiger partial charge in [-0.3, -0.25) is 14.4 Å². The third-order valence-electron chi connectivity index (χ3n) is 2.22. The number of hydrogen-bond donors (Lipinski definition) is 3. The molecule has 0 spiro atoms. The number of amides is 3. The Morgan fingerprint density at radius 3 is 2.05 bits per heavy atom. The molecule has 5 N–H and O–H groups in total. The van der Waals surface area contributed by atoms with Gasteiger partial charge in [0.2, 0.25) is 17.7 Å². The van der Waals surface area contributed by atoms with E-state index >= 15 is 0 Å². The molecule has 7 heteroatoms. The van der Waals surface area contributed by atoms with Crippen LogP contribution in [0.1, 0.15) is 27.6 Å². The molecule has 1 aromatic rings. The Morgan fingerprint density at radius 1 is 1.11 bits per heavy atom. The summed E-state index contributed by atoms with van der Waals surface area (Å²) < 4.78 is 4.93. The van der Waals surface area contributed by atoms with Crippen molar-refractivity contribution in [3.8, 4) is 0 Å². The van der Waals surface area contributed by atoms with Gasteiger partial charge in [-0.15, -0.1) is 0 Å². The molecule has 1 aromatic carbocycles. The molecule has 0 fully saturated rings. The molecule has 0 atom stereocenters. The second-order valence-corrected chi connectivity index (χ2v) is 3.71.